The zero-order valence-electron chi connectivity index (χ0n) is 12.0. The Morgan fingerprint density at radius 2 is 2.05 bits per heavy atom. The molecule has 0 aliphatic carbocycles. The highest BCUT2D eigenvalue weighted by molar-refractivity contribution is 7.98. The highest BCUT2D eigenvalue weighted by Crippen LogP contribution is 2.35. The first-order chi connectivity index (χ1) is 10.1. The van der Waals surface area contributed by atoms with Crippen LogP contribution in [-0.2, 0) is 0 Å². The summed E-state index contributed by atoms with van der Waals surface area (Å²) in [6.45, 7) is 1.93. The molecular weight excluding hydrogens is 304 g/mol. The summed E-state index contributed by atoms with van der Waals surface area (Å²) >= 11 is 7.66. The molecule has 0 aliphatic rings. The molecule has 0 heterocycles. The van der Waals surface area contributed by atoms with Gasteiger partial charge in [-0.15, -0.1) is 11.8 Å². The summed E-state index contributed by atoms with van der Waals surface area (Å²) in [5, 5.41) is 13.3. The van der Waals surface area contributed by atoms with Crippen molar-refractivity contribution >= 4 is 34.7 Å². The lowest BCUT2D eigenvalue weighted by Gasteiger charge is -2.15. The Bertz CT molecular complexity index is 710. The van der Waals surface area contributed by atoms with Gasteiger partial charge in [-0.2, -0.15) is 5.26 Å². The van der Waals surface area contributed by atoms with E-state index in [1.807, 2.05) is 37.4 Å². The van der Waals surface area contributed by atoms with E-state index in [0.29, 0.717) is 16.3 Å². The number of hydrogen-bond donors (Lipinski definition) is 1. The van der Waals surface area contributed by atoms with Crippen molar-refractivity contribution in [3.63, 3.8) is 0 Å². The Morgan fingerprint density at radius 3 is 2.67 bits per heavy atom. The van der Waals surface area contributed by atoms with Gasteiger partial charge in [-0.1, -0.05) is 17.7 Å². The van der Waals surface area contributed by atoms with Crippen molar-refractivity contribution in [3.8, 4) is 11.8 Å². The van der Waals surface area contributed by atoms with E-state index >= 15 is 0 Å². The maximum Gasteiger partial charge on any atom is 0.143 e. The van der Waals surface area contributed by atoms with Crippen LogP contribution >= 0.6 is 23.4 Å². The molecule has 0 amide bonds. The summed E-state index contributed by atoms with van der Waals surface area (Å²) in [6.07, 6.45) is 1.95. The maximum absolute atomic E-state index is 9.38. The summed E-state index contributed by atoms with van der Waals surface area (Å²) in [4.78, 5) is 0.937. The number of nitriles is 1. The zero-order chi connectivity index (χ0) is 15.4. The topological polar surface area (TPSA) is 45.0 Å². The molecule has 3 nitrogen and oxygen atoms in total. The van der Waals surface area contributed by atoms with Crippen molar-refractivity contribution in [2.75, 3.05) is 18.7 Å². The highest BCUT2D eigenvalue weighted by atomic mass is 35.5. The van der Waals surface area contributed by atoms with Crippen molar-refractivity contribution in [2.45, 2.75) is 11.8 Å². The Hall–Kier alpha value is -1.83. The highest BCUT2D eigenvalue weighted by Gasteiger charge is 2.11. The van der Waals surface area contributed by atoms with Gasteiger partial charge in [0.05, 0.1) is 24.0 Å². The first kappa shape index (κ1) is 15.6. The Kier molecular flexibility index (Phi) is 5.00. The number of nitrogens with zero attached hydrogens (tertiary/aromatic N) is 1. The van der Waals surface area contributed by atoms with Gasteiger partial charge >= 0.3 is 0 Å². The normalized spacial score (nSPS) is 10.0. The van der Waals surface area contributed by atoms with Crippen LogP contribution in [0, 0.1) is 18.3 Å². The summed E-state index contributed by atoms with van der Waals surface area (Å²) in [7, 11) is 1.59. The van der Waals surface area contributed by atoms with Crippen LogP contribution in [0.1, 0.15) is 11.1 Å². The van der Waals surface area contributed by atoms with Crippen LogP contribution in [0.15, 0.2) is 35.2 Å². The summed E-state index contributed by atoms with van der Waals surface area (Å²) < 4.78 is 5.35. The zero-order valence-corrected chi connectivity index (χ0v) is 13.6. The summed E-state index contributed by atoms with van der Waals surface area (Å²) in [5.41, 5.74) is 3.11. The molecule has 0 saturated carbocycles. The van der Waals surface area contributed by atoms with E-state index in [9.17, 15) is 5.26 Å². The number of aryl methyl sites for hydroxylation is 1. The molecule has 0 saturated heterocycles. The van der Waals surface area contributed by atoms with Crippen LogP contribution in [0.2, 0.25) is 5.02 Å². The average molecular weight is 319 g/mol. The fourth-order valence-electron chi connectivity index (χ4n) is 2.00. The van der Waals surface area contributed by atoms with Gasteiger partial charge in [0.2, 0.25) is 0 Å². The number of hydrogen-bond acceptors (Lipinski definition) is 4. The second-order valence-electron chi connectivity index (χ2n) is 4.42. The number of anilines is 2. The van der Waals surface area contributed by atoms with Gasteiger partial charge < -0.3 is 10.1 Å². The minimum Gasteiger partial charge on any atom is -0.495 e. The average Bonchev–Trinajstić information content (AvgIpc) is 2.50. The van der Waals surface area contributed by atoms with Crippen molar-refractivity contribution in [1.29, 1.82) is 5.26 Å². The Labute approximate surface area is 133 Å². The van der Waals surface area contributed by atoms with Crippen molar-refractivity contribution in [3.05, 3.63) is 46.5 Å². The molecule has 0 atom stereocenters. The summed E-state index contributed by atoms with van der Waals surface area (Å²) in [5.74, 6) is 0.643. The largest absolute Gasteiger partial charge is 0.495 e. The molecular formula is C16H15ClN2OS. The predicted molar refractivity (Wildman–Crippen MR) is 89.0 cm³/mol. The third kappa shape index (κ3) is 3.26. The number of rotatable bonds is 4. The monoisotopic (exact) mass is 318 g/mol. The van der Waals surface area contributed by atoms with Crippen LogP contribution in [-0.4, -0.2) is 13.4 Å². The van der Waals surface area contributed by atoms with Crippen LogP contribution in [0.25, 0.3) is 0 Å². The van der Waals surface area contributed by atoms with Gasteiger partial charge in [0.1, 0.15) is 11.8 Å². The number of benzene rings is 2. The molecule has 1 N–H and O–H groups in total. The van der Waals surface area contributed by atoms with Crippen molar-refractivity contribution < 1.29 is 4.74 Å². The third-order valence-corrected chi connectivity index (χ3v) is 4.30. The minimum absolute atomic E-state index is 0.625. The number of nitrogens with one attached hydrogen (secondary N) is 1. The third-order valence-electron chi connectivity index (χ3n) is 3.11. The van der Waals surface area contributed by atoms with Crippen LogP contribution in [0.5, 0.6) is 5.75 Å². The molecule has 0 aromatic heterocycles. The number of methoxy groups -OCH3 is 1. The molecule has 0 fully saturated rings. The number of halogens is 1. The fourth-order valence-corrected chi connectivity index (χ4v) is 2.72. The van der Waals surface area contributed by atoms with Gasteiger partial charge in [0, 0.05) is 16.0 Å². The lowest BCUT2D eigenvalue weighted by atomic mass is 10.1. The number of ether oxygens (including phenoxy) is 1. The van der Waals surface area contributed by atoms with E-state index < -0.39 is 0 Å². The second kappa shape index (κ2) is 6.75. The first-order valence-corrected chi connectivity index (χ1v) is 7.89. The molecule has 2 rings (SSSR count). The first-order valence-electron chi connectivity index (χ1n) is 6.29. The standard InChI is InChI=1S/C16H15ClN2OS/c1-10-7-14(15(20-2)8-12(10)17)19-13-5-4-6-16(21-3)11(13)9-18/h4-8,19H,1-3H3. The molecule has 0 bridgehead atoms. The smallest absolute Gasteiger partial charge is 0.143 e. The Balaban J connectivity index is 2.48. The molecule has 0 radical (unpaired) electrons. The van der Waals surface area contributed by atoms with Crippen molar-refractivity contribution in [1.82, 2.24) is 0 Å². The predicted octanol–water partition coefficient (Wildman–Crippen LogP) is 4.99. The maximum atomic E-state index is 9.38. The van der Waals surface area contributed by atoms with E-state index in [1.165, 1.54) is 0 Å². The SMILES string of the molecule is COc1cc(Cl)c(C)cc1Nc1cccc(SC)c1C#N. The van der Waals surface area contributed by atoms with E-state index in [2.05, 4.69) is 11.4 Å². The second-order valence-corrected chi connectivity index (χ2v) is 5.68. The van der Waals surface area contributed by atoms with Gasteiger partial charge in [-0.3, -0.25) is 0 Å². The molecule has 21 heavy (non-hydrogen) atoms. The summed E-state index contributed by atoms with van der Waals surface area (Å²) in [6, 6.07) is 11.7. The lowest BCUT2D eigenvalue weighted by molar-refractivity contribution is 0.417. The van der Waals surface area contributed by atoms with E-state index in [0.717, 1.165) is 21.8 Å². The van der Waals surface area contributed by atoms with Crippen molar-refractivity contribution in [2.24, 2.45) is 0 Å². The molecule has 5 heteroatoms. The van der Waals surface area contributed by atoms with Gasteiger partial charge in [0.15, 0.2) is 0 Å². The minimum atomic E-state index is 0.625. The van der Waals surface area contributed by atoms with Crippen LogP contribution in [0.4, 0.5) is 11.4 Å². The van der Waals surface area contributed by atoms with E-state index in [-0.39, 0.29) is 0 Å². The molecule has 2 aromatic rings. The van der Waals surface area contributed by atoms with E-state index in [4.69, 9.17) is 16.3 Å². The van der Waals surface area contributed by atoms with Gasteiger partial charge in [-0.05, 0) is 36.9 Å². The van der Waals surface area contributed by atoms with Gasteiger partial charge in [-0.25, -0.2) is 0 Å². The molecule has 2 aromatic carbocycles. The van der Waals surface area contributed by atoms with E-state index in [1.54, 1.807) is 24.9 Å². The quantitative estimate of drug-likeness (QED) is 0.806. The molecule has 0 spiro atoms. The van der Waals surface area contributed by atoms with Gasteiger partial charge in [0.25, 0.3) is 0 Å². The van der Waals surface area contributed by atoms with Crippen LogP contribution in [0.3, 0.4) is 0 Å². The fraction of sp³-hybridized carbons (Fsp3) is 0.188. The number of thioether (sulfide) groups is 1. The van der Waals surface area contributed by atoms with Crippen LogP contribution < -0.4 is 10.1 Å². The molecule has 0 aliphatic heterocycles. The lowest BCUT2D eigenvalue weighted by Crippen LogP contribution is -1.98. The Morgan fingerprint density at radius 1 is 1.29 bits per heavy atom. The molecule has 0 unspecified atom stereocenters. The molecule has 108 valence electrons.